The number of hydrogen-bond acceptors (Lipinski definition) is 7. The predicted octanol–water partition coefficient (Wildman–Crippen LogP) is 1.24. The molecule has 0 fully saturated rings. The summed E-state index contributed by atoms with van der Waals surface area (Å²) in [6.07, 6.45) is 6.79. The van der Waals surface area contributed by atoms with Crippen molar-refractivity contribution in [2.24, 2.45) is 0 Å². The zero-order chi connectivity index (χ0) is 16.1. The van der Waals surface area contributed by atoms with E-state index in [1.807, 2.05) is 0 Å². The van der Waals surface area contributed by atoms with Crippen molar-refractivity contribution in [2.45, 2.75) is 6.54 Å². The fourth-order valence-electron chi connectivity index (χ4n) is 1.68. The Labute approximate surface area is 129 Å². The summed E-state index contributed by atoms with van der Waals surface area (Å²) in [6.45, 7) is 0.222. The minimum atomic E-state index is -0.539. The van der Waals surface area contributed by atoms with E-state index in [1.165, 1.54) is 24.9 Å². The van der Waals surface area contributed by atoms with Crippen LogP contribution in [-0.2, 0) is 6.54 Å². The Bertz CT molecular complexity index is 798. The lowest BCUT2D eigenvalue weighted by Crippen LogP contribution is -2.23. The number of hydrogen-bond donors (Lipinski definition) is 2. The Kier molecular flexibility index (Phi) is 4.09. The van der Waals surface area contributed by atoms with Gasteiger partial charge in [0.2, 0.25) is 0 Å². The predicted molar refractivity (Wildman–Crippen MR) is 76.4 cm³/mol. The summed E-state index contributed by atoms with van der Waals surface area (Å²) in [5.74, 6) is -0.384. The van der Waals surface area contributed by atoms with Crippen molar-refractivity contribution in [3.8, 4) is 0 Å². The zero-order valence-electron chi connectivity index (χ0n) is 11.7. The van der Waals surface area contributed by atoms with Gasteiger partial charge >= 0.3 is 6.01 Å². The molecule has 3 aromatic rings. The molecule has 3 rings (SSSR count). The number of carbonyl (C=O) groups is 2. The fraction of sp³-hybridized carbons (Fsp3) is 0.0714. The van der Waals surface area contributed by atoms with Crippen LogP contribution in [0.5, 0.6) is 0 Å². The molecule has 116 valence electrons. The third-order valence-corrected chi connectivity index (χ3v) is 2.76. The minimum absolute atomic E-state index is 0.0333. The lowest BCUT2D eigenvalue weighted by atomic mass is 10.4. The number of anilines is 1. The van der Waals surface area contributed by atoms with E-state index in [1.54, 1.807) is 12.1 Å². The van der Waals surface area contributed by atoms with Gasteiger partial charge in [-0.05, 0) is 12.1 Å². The van der Waals surface area contributed by atoms with Gasteiger partial charge in [0.15, 0.2) is 5.69 Å². The molecule has 9 heteroatoms. The quantitative estimate of drug-likeness (QED) is 0.726. The second kappa shape index (κ2) is 6.52. The second-order valence-corrected chi connectivity index (χ2v) is 4.34. The van der Waals surface area contributed by atoms with Crippen LogP contribution in [0, 0.1) is 0 Å². The van der Waals surface area contributed by atoms with E-state index in [0.29, 0.717) is 5.76 Å². The van der Waals surface area contributed by atoms with E-state index in [9.17, 15) is 9.59 Å². The smallest absolute Gasteiger partial charge is 0.302 e. The molecule has 3 heterocycles. The Balaban J connectivity index is 1.59. The van der Waals surface area contributed by atoms with Gasteiger partial charge in [-0.3, -0.25) is 19.9 Å². The van der Waals surface area contributed by atoms with Gasteiger partial charge in [-0.2, -0.15) is 4.98 Å². The van der Waals surface area contributed by atoms with Crippen LogP contribution in [0.2, 0.25) is 0 Å². The van der Waals surface area contributed by atoms with Crippen LogP contribution in [0.4, 0.5) is 6.01 Å². The molecule has 0 radical (unpaired) electrons. The maximum atomic E-state index is 11.9. The van der Waals surface area contributed by atoms with Crippen LogP contribution in [-0.4, -0.2) is 26.8 Å². The lowest BCUT2D eigenvalue weighted by Gasteiger charge is -1.99. The first-order valence-electron chi connectivity index (χ1n) is 6.56. The van der Waals surface area contributed by atoms with E-state index < -0.39 is 11.8 Å². The van der Waals surface area contributed by atoms with Crippen molar-refractivity contribution in [2.75, 3.05) is 5.32 Å². The molecule has 0 unspecified atom stereocenters. The largest absolute Gasteiger partial charge is 0.467 e. The van der Waals surface area contributed by atoms with Crippen LogP contribution in [0.15, 0.2) is 52.1 Å². The van der Waals surface area contributed by atoms with Crippen LogP contribution >= 0.6 is 0 Å². The summed E-state index contributed by atoms with van der Waals surface area (Å²) in [7, 11) is 0. The Morgan fingerprint density at radius 3 is 2.78 bits per heavy atom. The highest BCUT2D eigenvalue weighted by molar-refractivity contribution is 6.01. The van der Waals surface area contributed by atoms with Crippen LogP contribution in [0.1, 0.15) is 26.7 Å². The summed E-state index contributed by atoms with van der Waals surface area (Å²) < 4.78 is 10.1. The van der Waals surface area contributed by atoms with Crippen molar-refractivity contribution in [1.29, 1.82) is 0 Å². The van der Waals surface area contributed by atoms with Crippen LogP contribution < -0.4 is 10.6 Å². The summed E-state index contributed by atoms with van der Waals surface area (Å²) in [5, 5.41) is 4.99. The molecule has 2 amide bonds. The average Bonchev–Trinajstić information content (AvgIpc) is 3.25. The number of oxazole rings is 1. The highest BCUT2D eigenvalue weighted by atomic mass is 16.4. The molecule has 0 aliphatic rings. The number of furan rings is 1. The number of rotatable bonds is 5. The number of aromatic nitrogens is 3. The first-order valence-corrected chi connectivity index (χ1v) is 6.56. The van der Waals surface area contributed by atoms with Gasteiger partial charge in [0.05, 0.1) is 19.0 Å². The molecular weight excluding hydrogens is 302 g/mol. The van der Waals surface area contributed by atoms with Crippen molar-refractivity contribution >= 4 is 17.8 Å². The number of amides is 2. The topological polar surface area (TPSA) is 123 Å². The van der Waals surface area contributed by atoms with Crippen molar-refractivity contribution in [1.82, 2.24) is 20.3 Å². The number of nitrogens with zero attached hydrogens (tertiary/aromatic N) is 3. The molecule has 0 aliphatic carbocycles. The number of carbonyl (C=O) groups excluding carboxylic acids is 2. The maximum Gasteiger partial charge on any atom is 0.302 e. The van der Waals surface area contributed by atoms with Crippen LogP contribution in [0.25, 0.3) is 0 Å². The van der Waals surface area contributed by atoms with Gasteiger partial charge in [0.1, 0.15) is 17.7 Å². The third kappa shape index (κ3) is 3.59. The van der Waals surface area contributed by atoms with Gasteiger partial charge in [-0.15, -0.1) is 0 Å². The third-order valence-electron chi connectivity index (χ3n) is 2.76. The van der Waals surface area contributed by atoms with Gasteiger partial charge in [-0.25, -0.2) is 4.98 Å². The average molecular weight is 313 g/mol. The van der Waals surface area contributed by atoms with E-state index in [-0.39, 0.29) is 23.9 Å². The SMILES string of the molecule is O=C(NCc1ccco1)c1coc(NC(=O)c2cnccn2)n1. The van der Waals surface area contributed by atoms with Crippen molar-refractivity contribution in [3.05, 3.63) is 60.4 Å². The van der Waals surface area contributed by atoms with Gasteiger partial charge < -0.3 is 14.2 Å². The van der Waals surface area contributed by atoms with Gasteiger partial charge in [0.25, 0.3) is 11.8 Å². The Morgan fingerprint density at radius 1 is 1.13 bits per heavy atom. The summed E-state index contributed by atoms with van der Waals surface area (Å²) in [4.78, 5) is 35.3. The van der Waals surface area contributed by atoms with Crippen molar-refractivity contribution < 1.29 is 18.4 Å². The minimum Gasteiger partial charge on any atom is -0.467 e. The van der Waals surface area contributed by atoms with Gasteiger partial charge in [0, 0.05) is 12.4 Å². The molecular formula is C14H11N5O4. The zero-order valence-corrected chi connectivity index (χ0v) is 11.7. The molecule has 2 N–H and O–H groups in total. The summed E-state index contributed by atoms with van der Waals surface area (Å²) >= 11 is 0. The molecule has 0 aliphatic heterocycles. The Hall–Kier alpha value is -3.49. The van der Waals surface area contributed by atoms with E-state index in [4.69, 9.17) is 8.83 Å². The van der Waals surface area contributed by atoms with E-state index >= 15 is 0 Å². The molecule has 0 bridgehead atoms. The first-order chi connectivity index (χ1) is 11.2. The van der Waals surface area contributed by atoms with Gasteiger partial charge in [-0.1, -0.05) is 0 Å². The molecule has 0 atom stereocenters. The standard InChI is InChI=1S/C14H11N5O4/c20-12(17-6-9-2-1-5-22-9)11-8-23-14(18-11)19-13(21)10-7-15-3-4-16-10/h1-5,7-8H,6H2,(H,17,20)(H,18,19,21). The molecule has 3 aromatic heterocycles. The van der Waals surface area contributed by atoms with Crippen molar-refractivity contribution in [3.63, 3.8) is 0 Å². The first kappa shape index (κ1) is 14.4. The highest BCUT2D eigenvalue weighted by Gasteiger charge is 2.15. The normalized spacial score (nSPS) is 10.3. The maximum absolute atomic E-state index is 11.9. The number of nitrogens with one attached hydrogen (secondary N) is 2. The highest BCUT2D eigenvalue weighted by Crippen LogP contribution is 2.09. The molecule has 0 saturated carbocycles. The second-order valence-electron chi connectivity index (χ2n) is 4.34. The van der Waals surface area contributed by atoms with E-state index in [2.05, 4.69) is 25.6 Å². The summed E-state index contributed by atoms with van der Waals surface area (Å²) in [5.41, 5.74) is 0.139. The van der Waals surface area contributed by atoms with E-state index in [0.717, 1.165) is 6.26 Å². The van der Waals surface area contributed by atoms with Crippen LogP contribution in [0.3, 0.4) is 0 Å². The molecule has 0 aromatic carbocycles. The summed E-state index contributed by atoms with van der Waals surface area (Å²) in [6, 6.07) is 3.34. The molecule has 0 saturated heterocycles. The molecule has 23 heavy (non-hydrogen) atoms. The fourth-order valence-corrected chi connectivity index (χ4v) is 1.68. The Morgan fingerprint density at radius 2 is 2.04 bits per heavy atom. The lowest BCUT2D eigenvalue weighted by molar-refractivity contribution is 0.0942. The molecule has 0 spiro atoms. The molecule has 9 nitrogen and oxygen atoms in total. The monoisotopic (exact) mass is 313 g/mol.